The Hall–Kier alpha value is -2.87. The number of nitrogens with one attached hydrogen (secondary N) is 1. The first kappa shape index (κ1) is 20.4. The van der Waals surface area contributed by atoms with Crippen LogP contribution in [0.2, 0.25) is 0 Å². The molecule has 0 unspecified atom stereocenters. The fraction of sp³-hybridized carbons (Fsp3) is 0.318. The van der Waals surface area contributed by atoms with E-state index < -0.39 is 0 Å². The standard InChI is InChI=1S/C22H21BrN2O5/c1-13(26)17-10-19-20(30-12-29-19)11-18(17)24-21(27)14-6-8-25(9-7-14)22(28)15-2-4-16(23)5-3-15/h2-5,10-11,14H,6-9,12H2,1H3,(H,24,27). The van der Waals surface area contributed by atoms with E-state index in [0.29, 0.717) is 54.2 Å². The van der Waals surface area contributed by atoms with Crippen LogP contribution in [0.5, 0.6) is 11.5 Å². The van der Waals surface area contributed by atoms with E-state index in [4.69, 9.17) is 9.47 Å². The van der Waals surface area contributed by atoms with Gasteiger partial charge in [0.1, 0.15) is 0 Å². The molecule has 2 amide bonds. The molecular formula is C22H21BrN2O5. The van der Waals surface area contributed by atoms with Gasteiger partial charge in [-0.2, -0.15) is 0 Å². The van der Waals surface area contributed by atoms with Gasteiger partial charge in [0.25, 0.3) is 5.91 Å². The van der Waals surface area contributed by atoms with Gasteiger partial charge in [-0.15, -0.1) is 0 Å². The van der Waals surface area contributed by atoms with Crippen LogP contribution in [0, 0.1) is 5.92 Å². The molecule has 0 radical (unpaired) electrons. The number of likely N-dealkylation sites (tertiary alicyclic amines) is 1. The first-order chi connectivity index (χ1) is 14.4. The van der Waals surface area contributed by atoms with E-state index in [1.165, 1.54) is 6.92 Å². The summed E-state index contributed by atoms with van der Waals surface area (Å²) in [5, 5.41) is 2.87. The van der Waals surface area contributed by atoms with E-state index in [2.05, 4.69) is 21.2 Å². The molecule has 2 aromatic rings. The fourth-order valence-corrected chi connectivity index (χ4v) is 3.96. The van der Waals surface area contributed by atoms with E-state index in [-0.39, 0.29) is 30.3 Å². The Morgan fingerprint density at radius 3 is 2.30 bits per heavy atom. The molecule has 8 heteroatoms. The Balaban J connectivity index is 1.40. The summed E-state index contributed by atoms with van der Waals surface area (Å²) in [5.41, 5.74) is 1.44. The number of piperidine rings is 1. The van der Waals surface area contributed by atoms with Gasteiger partial charge < -0.3 is 19.7 Å². The number of nitrogens with zero attached hydrogens (tertiary/aromatic N) is 1. The Morgan fingerprint density at radius 2 is 1.67 bits per heavy atom. The van der Waals surface area contributed by atoms with Gasteiger partial charge in [0.05, 0.1) is 5.69 Å². The third kappa shape index (κ3) is 4.18. The zero-order chi connectivity index (χ0) is 21.3. The number of fused-ring (bicyclic) bond motifs is 1. The van der Waals surface area contributed by atoms with Crippen LogP contribution in [0.4, 0.5) is 5.69 Å². The van der Waals surface area contributed by atoms with Crippen molar-refractivity contribution in [2.75, 3.05) is 25.2 Å². The third-order valence-electron chi connectivity index (χ3n) is 5.39. The Kier molecular flexibility index (Phi) is 5.76. The number of hydrogen-bond donors (Lipinski definition) is 1. The summed E-state index contributed by atoms with van der Waals surface area (Å²) in [6.45, 7) is 2.55. The van der Waals surface area contributed by atoms with Crippen molar-refractivity contribution in [3.63, 3.8) is 0 Å². The summed E-state index contributed by atoms with van der Waals surface area (Å²) in [6, 6.07) is 10.5. The van der Waals surface area contributed by atoms with Gasteiger partial charge in [0.2, 0.25) is 12.7 Å². The number of Topliss-reactive ketones (excluding diaryl/α,β-unsaturated/α-hetero) is 1. The lowest BCUT2D eigenvalue weighted by Crippen LogP contribution is -2.41. The van der Waals surface area contributed by atoms with Crippen molar-refractivity contribution in [2.45, 2.75) is 19.8 Å². The van der Waals surface area contributed by atoms with Crippen molar-refractivity contribution in [3.8, 4) is 11.5 Å². The Bertz CT molecular complexity index is 997. The van der Waals surface area contributed by atoms with Gasteiger partial charge in [-0.1, -0.05) is 15.9 Å². The number of halogens is 1. The lowest BCUT2D eigenvalue weighted by Gasteiger charge is -2.31. The summed E-state index contributed by atoms with van der Waals surface area (Å²) in [6.07, 6.45) is 1.13. The van der Waals surface area contributed by atoms with Crippen molar-refractivity contribution in [2.24, 2.45) is 5.92 Å². The maximum atomic E-state index is 12.8. The summed E-state index contributed by atoms with van der Waals surface area (Å²) in [5.74, 6) is 0.411. The second-order valence-electron chi connectivity index (χ2n) is 7.37. The molecule has 0 atom stereocenters. The molecule has 2 aliphatic rings. The number of hydrogen-bond acceptors (Lipinski definition) is 5. The summed E-state index contributed by atoms with van der Waals surface area (Å²) >= 11 is 3.37. The molecule has 0 aliphatic carbocycles. The molecule has 0 spiro atoms. The number of ketones is 1. The van der Waals surface area contributed by atoms with Crippen molar-refractivity contribution in [3.05, 3.63) is 52.0 Å². The zero-order valence-electron chi connectivity index (χ0n) is 16.4. The van der Waals surface area contributed by atoms with E-state index in [1.54, 1.807) is 29.2 Å². The molecule has 0 aromatic heterocycles. The van der Waals surface area contributed by atoms with Crippen LogP contribution < -0.4 is 14.8 Å². The molecule has 2 heterocycles. The number of carbonyl (C=O) groups is 3. The molecule has 7 nitrogen and oxygen atoms in total. The SMILES string of the molecule is CC(=O)c1cc2c(cc1NC(=O)C1CCN(C(=O)c3ccc(Br)cc3)CC1)OCO2. The van der Waals surface area contributed by atoms with Gasteiger partial charge in [-0.05, 0) is 50.1 Å². The summed E-state index contributed by atoms with van der Waals surface area (Å²) < 4.78 is 11.6. The second kappa shape index (κ2) is 8.47. The first-order valence-corrected chi connectivity index (χ1v) is 10.5. The predicted molar refractivity (Wildman–Crippen MR) is 114 cm³/mol. The highest BCUT2D eigenvalue weighted by molar-refractivity contribution is 9.10. The van der Waals surface area contributed by atoms with Crippen molar-refractivity contribution in [1.29, 1.82) is 0 Å². The van der Waals surface area contributed by atoms with E-state index in [9.17, 15) is 14.4 Å². The number of rotatable bonds is 4. The molecule has 4 rings (SSSR count). The fourth-order valence-electron chi connectivity index (χ4n) is 3.69. The first-order valence-electron chi connectivity index (χ1n) is 9.72. The minimum absolute atomic E-state index is 0.0315. The molecule has 0 bridgehead atoms. The van der Waals surface area contributed by atoms with Crippen LogP contribution in [-0.4, -0.2) is 42.4 Å². The van der Waals surface area contributed by atoms with E-state index >= 15 is 0 Å². The van der Waals surface area contributed by atoms with Gasteiger partial charge in [-0.3, -0.25) is 14.4 Å². The monoisotopic (exact) mass is 472 g/mol. The number of ether oxygens (including phenoxy) is 2. The van der Waals surface area contributed by atoms with E-state index in [0.717, 1.165) is 4.47 Å². The molecule has 30 heavy (non-hydrogen) atoms. The topological polar surface area (TPSA) is 84.9 Å². The zero-order valence-corrected chi connectivity index (χ0v) is 18.0. The van der Waals surface area contributed by atoms with Crippen molar-refractivity contribution < 1.29 is 23.9 Å². The lowest BCUT2D eigenvalue weighted by atomic mass is 9.95. The number of amides is 2. The Labute approximate surface area is 182 Å². The van der Waals surface area contributed by atoms with Gasteiger partial charge in [0, 0.05) is 40.7 Å². The number of benzene rings is 2. The van der Waals surface area contributed by atoms with Gasteiger partial charge in [-0.25, -0.2) is 0 Å². The lowest BCUT2D eigenvalue weighted by molar-refractivity contribution is -0.121. The molecule has 1 saturated heterocycles. The highest BCUT2D eigenvalue weighted by Gasteiger charge is 2.29. The van der Waals surface area contributed by atoms with Crippen LogP contribution in [0.1, 0.15) is 40.5 Å². The van der Waals surface area contributed by atoms with Crippen LogP contribution in [-0.2, 0) is 4.79 Å². The number of carbonyl (C=O) groups excluding carboxylic acids is 3. The third-order valence-corrected chi connectivity index (χ3v) is 5.92. The predicted octanol–water partition coefficient (Wildman–Crippen LogP) is 3.87. The minimum Gasteiger partial charge on any atom is -0.454 e. The average molecular weight is 473 g/mol. The highest BCUT2D eigenvalue weighted by Crippen LogP contribution is 2.37. The molecule has 1 fully saturated rings. The van der Waals surface area contributed by atoms with Crippen LogP contribution >= 0.6 is 15.9 Å². The smallest absolute Gasteiger partial charge is 0.253 e. The molecule has 0 saturated carbocycles. The summed E-state index contributed by atoms with van der Waals surface area (Å²) in [4.78, 5) is 39.3. The van der Waals surface area contributed by atoms with Crippen LogP contribution in [0.25, 0.3) is 0 Å². The van der Waals surface area contributed by atoms with Crippen LogP contribution in [0.3, 0.4) is 0 Å². The molecule has 2 aliphatic heterocycles. The highest BCUT2D eigenvalue weighted by atomic mass is 79.9. The molecule has 2 aromatic carbocycles. The maximum Gasteiger partial charge on any atom is 0.253 e. The normalized spacial score (nSPS) is 15.7. The van der Waals surface area contributed by atoms with Gasteiger partial charge >= 0.3 is 0 Å². The van der Waals surface area contributed by atoms with Gasteiger partial charge in [0.15, 0.2) is 17.3 Å². The largest absolute Gasteiger partial charge is 0.454 e. The van der Waals surface area contributed by atoms with E-state index in [1.807, 2.05) is 12.1 Å². The quantitative estimate of drug-likeness (QED) is 0.682. The molecule has 156 valence electrons. The minimum atomic E-state index is -0.232. The second-order valence-corrected chi connectivity index (χ2v) is 8.29. The average Bonchev–Trinajstić information content (AvgIpc) is 3.20. The van der Waals surface area contributed by atoms with Crippen LogP contribution in [0.15, 0.2) is 40.9 Å². The molecule has 1 N–H and O–H groups in total. The molecular weight excluding hydrogens is 452 g/mol. The van der Waals surface area contributed by atoms with Crippen molar-refractivity contribution in [1.82, 2.24) is 4.90 Å². The summed E-state index contributed by atoms with van der Waals surface area (Å²) in [7, 11) is 0. The Morgan fingerprint density at radius 1 is 1.03 bits per heavy atom. The maximum absolute atomic E-state index is 12.8. The van der Waals surface area contributed by atoms with Crippen molar-refractivity contribution >= 4 is 39.2 Å². The number of anilines is 1.